The van der Waals surface area contributed by atoms with Crippen LogP contribution in [0, 0.1) is 22.7 Å². The van der Waals surface area contributed by atoms with Crippen LogP contribution in [0.15, 0.2) is 0 Å². The molecule has 1 fully saturated rings. The van der Waals surface area contributed by atoms with Crippen LogP contribution in [0.5, 0.6) is 0 Å². The highest BCUT2D eigenvalue weighted by molar-refractivity contribution is 5.33. The Morgan fingerprint density at radius 1 is 1.71 bits per heavy atom. The normalized spacial score (nSPS) is 26.4. The molecular formula is C6H8N. The molecular weight excluding hydrogens is 86.1 g/mol. The van der Waals surface area contributed by atoms with Gasteiger partial charge in [-0.2, -0.15) is 5.26 Å². The minimum absolute atomic E-state index is 0.273. The minimum Gasteiger partial charge on any atom is -0.198 e. The minimum atomic E-state index is 0.273. The molecule has 0 spiro atoms. The first kappa shape index (κ1) is 4.64. The molecule has 0 aromatic rings. The van der Waals surface area contributed by atoms with E-state index < -0.39 is 0 Å². The summed E-state index contributed by atoms with van der Waals surface area (Å²) < 4.78 is 0. The van der Waals surface area contributed by atoms with E-state index in [1.54, 1.807) is 0 Å². The summed E-state index contributed by atoms with van der Waals surface area (Å²) in [5.74, 6) is 1.05. The number of rotatable bonds is 0. The van der Waals surface area contributed by atoms with Gasteiger partial charge in [-0.05, 0) is 11.8 Å². The predicted octanol–water partition coefficient (Wildman–Crippen LogP) is 1.51. The van der Waals surface area contributed by atoms with Gasteiger partial charge in [0.1, 0.15) is 0 Å². The first-order valence-electron chi connectivity index (χ1n) is 2.43. The molecule has 0 aromatic heterocycles. The Kier molecular flexibility index (Phi) is 0.667. The van der Waals surface area contributed by atoms with Crippen LogP contribution in [0.1, 0.15) is 20.3 Å². The van der Waals surface area contributed by atoms with Crippen LogP contribution in [0.3, 0.4) is 0 Å². The Labute approximate surface area is 44.0 Å². The van der Waals surface area contributed by atoms with E-state index in [4.69, 9.17) is 5.26 Å². The summed E-state index contributed by atoms with van der Waals surface area (Å²) in [7, 11) is 0. The Morgan fingerprint density at radius 2 is 2.14 bits per heavy atom. The summed E-state index contributed by atoms with van der Waals surface area (Å²) >= 11 is 0. The maximum atomic E-state index is 8.25. The zero-order valence-electron chi connectivity index (χ0n) is 4.65. The highest BCUT2D eigenvalue weighted by atomic mass is 14.5. The molecule has 0 atom stereocenters. The predicted molar refractivity (Wildman–Crippen MR) is 27.3 cm³/mol. The van der Waals surface area contributed by atoms with E-state index >= 15 is 0 Å². The molecule has 1 rings (SSSR count). The van der Waals surface area contributed by atoms with Gasteiger partial charge < -0.3 is 0 Å². The average Bonchev–Trinajstić information content (AvgIpc) is 2.13. The third-order valence-electron chi connectivity index (χ3n) is 1.45. The van der Waals surface area contributed by atoms with Crippen molar-refractivity contribution in [3.63, 3.8) is 0 Å². The van der Waals surface area contributed by atoms with Crippen molar-refractivity contribution in [2.24, 2.45) is 5.41 Å². The zero-order chi connectivity index (χ0) is 5.49. The molecule has 0 saturated heterocycles. The molecule has 1 aliphatic carbocycles. The molecule has 0 aromatic carbocycles. The van der Waals surface area contributed by atoms with Gasteiger partial charge in [0.2, 0.25) is 0 Å². The molecule has 0 bridgehead atoms. The molecule has 1 nitrogen and oxygen atoms in total. The van der Waals surface area contributed by atoms with Crippen molar-refractivity contribution in [2.75, 3.05) is 0 Å². The topological polar surface area (TPSA) is 23.8 Å². The first-order chi connectivity index (χ1) is 3.17. The van der Waals surface area contributed by atoms with Crippen LogP contribution >= 0.6 is 0 Å². The second kappa shape index (κ2) is 1.01. The highest BCUT2D eigenvalue weighted by Crippen LogP contribution is 2.52. The highest BCUT2D eigenvalue weighted by Gasteiger charge is 2.46. The van der Waals surface area contributed by atoms with Crippen LogP contribution in [0.4, 0.5) is 0 Å². The van der Waals surface area contributed by atoms with E-state index in [9.17, 15) is 0 Å². The number of hydrogen-bond acceptors (Lipinski definition) is 1. The lowest BCUT2D eigenvalue weighted by Gasteiger charge is -1.89. The van der Waals surface area contributed by atoms with Crippen molar-refractivity contribution in [2.45, 2.75) is 20.3 Å². The lowest BCUT2D eigenvalue weighted by atomic mass is 10.1. The van der Waals surface area contributed by atoms with Gasteiger partial charge in [-0.1, -0.05) is 13.8 Å². The summed E-state index contributed by atoms with van der Waals surface area (Å²) in [5, 5.41) is 8.25. The third-order valence-corrected chi connectivity index (χ3v) is 1.45. The van der Waals surface area contributed by atoms with Crippen LogP contribution < -0.4 is 0 Å². The largest absolute Gasteiger partial charge is 0.198 e. The monoisotopic (exact) mass is 94.1 g/mol. The van der Waals surface area contributed by atoms with Crippen molar-refractivity contribution in [1.29, 1.82) is 5.26 Å². The maximum absolute atomic E-state index is 8.25. The molecule has 1 aliphatic rings. The molecule has 7 heavy (non-hydrogen) atoms. The van der Waals surface area contributed by atoms with Crippen molar-refractivity contribution >= 4 is 0 Å². The van der Waals surface area contributed by atoms with Crippen molar-refractivity contribution in [3.05, 3.63) is 5.92 Å². The molecule has 37 valence electrons. The summed E-state index contributed by atoms with van der Waals surface area (Å²) in [6.45, 7) is 4.18. The summed E-state index contributed by atoms with van der Waals surface area (Å²) in [6.07, 6.45) is 1.02. The second-order valence-electron chi connectivity index (χ2n) is 2.65. The van der Waals surface area contributed by atoms with Crippen LogP contribution in [0.2, 0.25) is 0 Å². The fraction of sp³-hybridized carbons (Fsp3) is 0.667. The van der Waals surface area contributed by atoms with Gasteiger partial charge in [0, 0.05) is 0 Å². The Hall–Kier alpha value is -0.510. The molecule has 0 heterocycles. The van der Waals surface area contributed by atoms with Gasteiger partial charge in [0.15, 0.2) is 0 Å². The quantitative estimate of drug-likeness (QED) is 0.446. The van der Waals surface area contributed by atoms with E-state index in [1.807, 2.05) is 0 Å². The molecule has 0 aliphatic heterocycles. The van der Waals surface area contributed by atoms with Gasteiger partial charge >= 0.3 is 0 Å². The van der Waals surface area contributed by atoms with Gasteiger partial charge in [-0.25, -0.2) is 0 Å². The van der Waals surface area contributed by atoms with E-state index in [0.717, 1.165) is 12.3 Å². The van der Waals surface area contributed by atoms with Gasteiger partial charge in [0.25, 0.3) is 0 Å². The second-order valence-corrected chi connectivity index (χ2v) is 2.65. The van der Waals surface area contributed by atoms with E-state index in [-0.39, 0.29) is 5.41 Å². The van der Waals surface area contributed by atoms with E-state index in [1.165, 1.54) is 0 Å². The number of hydrogen-bond donors (Lipinski definition) is 0. The summed E-state index contributed by atoms with van der Waals surface area (Å²) in [5.41, 5.74) is 0.273. The smallest absolute Gasteiger partial charge is 0.0822 e. The van der Waals surface area contributed by atoms with Gasteiger partial charge in [-0.3, -0.25) is 0 Å². The maximum Gasteiger partial charge on any atom is 0.0822 e. The Bertz CT molecular complexity index is 119. The van der Waals surface area contributed by atoms with Crippen molar-refractivity contribution in [1.82, 2.24) is 0 Å². The van der Waals surface area contributed by atoms with Crippen LogP contribution in [0.25, 0.3) is 0 Å². The Balaban J connectivity index is 2.49. The first-order valence-corrected chi connectivity index (χ1v) is 2.43. The Morgan fingerprint density at radius 3 is 2.14 bits per heavy atom. The van der Waals surface area contributed by atoms with Crippen molar-refractivity contribution < 1.29 is 0 Å². The van der Waals surface area contributed by atoms with E-state index in [0.29, 0.717) is 0 Å². The fourth-order valence-corrected chi connectivity index (χ4v) is 0.589. The molecule has 0 unspecified atom stereocenters. The summed E-state index contributed by atoms with van der Waals surface area (Å²) in [4.78, 5) is 0. The SMILES string of the molecule is CC1(C)C[C]1C#N. The fourth-order valence-electron chi connectivity index (χ4n) is 0.589. The number of nitriles is 1. The molecule has 1 radical (unpaired) electrons. The molecule has 0 N–H and O–H groups in total. The molecule has 1 heteroatoms. The lowest BCUT2D eigenvalue weighted by molar-refractivity contribution is 0.673. The van der Waals surface area contributed by atoms with Gasteiger partial charge in [-0.15, -0.1) is 0 Å². The summed E-state index contributed by atoms with van der Waals surface area (Å²) in [6, 6.07) is 2.15. The number of nitrogens with zero attached hydrogens (tertiary/aromatic N) is 1. The third kappa shape index (κ3) is 0.608. The molecule has 1 saturated carbocycles. The average molecular weight is 94.1 g/mol. The lowest BCUT2D eigenvalue weighted by Crippen LogP contribution is -1.83. The van der Waals surface area contributed by atoms with Crippen LogP contribution in [-0.2, 0) is 0 Å². The standard InChI is InChI=1S/C6H8N/c1-6(2)3-5(6)4-7/h3H2,1-2H3. The van der Waals surface area contributed by atoms with Crippen molar-refractivity contribution in [3.8, 4) is 6.07 Å². The van der Waals surface area contributed by atoms with Crippen LogP contribution in [-0.4, -0.2) is 0 Å². The molecule has 0 amide bonds. The zero-order valence-corrected chi connectivity index (χ0v) is 4.65. The van der Waals surface area contributed by atoms with E-state index in [2.05, 4.69) is 19.9 Å². The van der Waals surface area contributed by atoms with Gasteiger partial charge in [0.05, 0.1) is 12.0 Å².